The molecule has 0 radical (unpaired) electrons. The number of hydrogen-bond acceptors (Lipinski definition) is 3. The number of carbonyl (C=O) groups is 1. The Morgan fingerprint density at radius 2 is 1.89 bits per heavy atom. The Kier molecular flexibility index (Phi) is 7.60. The summed E-state index contributed by atoms with van der Waals surface area (Å²) in [7, 11) is 0. The largest absolute Gasteiger partial charge is 0.272 e. The van der Waals surface area contributed by atoms with E-state index in [0.29, 0.717) is 5.75 Å². The molecule has 1 rings (SSSR count). The van der Waals surface area contributed by atoms with Crippen LogP contribution in [0.25, 0.3) is 0 Å². The molecule has 19 heavy (non-hydrogen) atoms. The van der Waals surface area contributed by atoms with Gasteiger partial charge in [-0.15, -0.1) is 11.8 Å². The third kappa shape index (κ3) is 6.64. The highest BCUT2D eigenvalue weighted by atomic mass is 35.5. The van der Waals surface area contributed by atoms with Crippen LogP contribution in [0.4, 0.5) is 0 Å². The molecule has 1 N–H and O–H groups in total. The molecule has 3 nitrogen and oxygen atoms in total. The van der Waals surface area contributed by atoms with Crippen molar-refractivity contribution in [2.24, 2.45) is 5.10 Å². The molecule has 0 saturated carbocycles. The highest BCUT2D eigenvalue weighted by molar-refractivity contribution is 7.99. The summed E-state index contributed by atoms with van der Waals surface area (Å²) in [5, 5.41) is 4.81. The van der Waals surface area contributed by atoms with Crippen molar-refractivity contribution in [3.05, 3.63) is 34.9 Å². The first-order chi connectivity index (χ1) is 9.15. The number of nitrogens with zero attached hydrogens (tertiary/aromatic N) is 1. The lowest BCUT2D eigenvalue weighted by molar-refractivity contribution is -0.118. The van der Waals surface area contributed by atoms with Gasteiger partial charge in [-0.2, -0.15) is 5.10 Å². The van der Waals surface area contributed by atoms with Crippen molar-refractivity contribution in [1.29, 1.82) is 0 Å². The maximum atomic E-state index is 11.6. The fraction of sp³-hybridized carbons (Fsp3) is 0.429. The SMILES string of the molecule is CCC(CC)=NNC(=O)CSCc1ccc(Cl)cc1. The summed E-state index contributed by atoms with van der Waals surface area (Å²) in [5.41, 5.74) is 4.76. The number of carbonyl (C=O) groups excluding carboxylic acids is 1. The molecule has 1 aromatic rings. The number of amides is 1. The zero-order valence-electron chi connectivity index (χ0n) is 11.3. The maximum absolute atomic E-state index is 11.6. The van der Waals surface area contributed by atoms with Gasteiger partial charge in [0.05, 0.1) is 5.75 Å². The van der Waals surface area contributed by atoms with Crippen LogP contribution in [0.5, 0.6) is 0 Å². The van der Waals surface area contributed by atoms with E-state index in [2.05, 4.69) is 10.5 Å². The van der Waals surface area contributed by atoms with Gasteiger partial charge in [-0.3, -0.25) is 4.79 Å². The molecule has 0 heterocycles. The first-order valence-electron chi connectivity index (χ1n) is 6.32. The standard InChI is InChI=1S/C14H19ClN2OS/c1-3-13(4-2)16-17-14(18)10-19-9-11-5-7-12(15)8-6-11/h5-8H,3-4,9-10H2,1-2H3,(H,17,18). The van der Waals surface area contributed by atoms with Crippen LogP contribution in [0, 0.1) is 0 Å². The zero-order valence-corrected chi connectivity index (χ0v) is 12.9. The number of hydrogen-bond donors (Lipinski definition) is 1. The predicted octanol–water partition coefficient (Wildman–Crippen LogP) is 3.87. The van der Waals surface area contributed by atoms with E-state index in [9.17, 15) is 4.79 Å². The van der Waals surface area contributed by atoms with Crippen molar-refractivity contribution < 1.29 is 4.79 Å². The molecule has 104 valence electrons. The highest BCUT2D eigenvalue weighted by Gasteiger charge is 2.01. The first kappa shape index (κ1) is 16.1. The molecule has 0 aliphatic rings. The summed E-state index contributed by atoms with van der Waals surface area (Å²) >= 11 is 7.37. The van der Waals surface area contributed by atoms with Gasteiger partial charge in [-0.05, 0) is 30.5 Å². The van der Waals surface area contributed by atoms with Crippen LogP contribution in [-0.2, 0) is 10.5 Å². The number of nitrogens with one attached hydrogen (secondary N) is 1. The van der Waals surface area contributed by atoms with Gasteiger partial charge in [0.1, 0.15) is 0 Å². The lowest BCUT2D eigenvalue weighted by atomic mass is 10.2. The second-order valence-corrected chi connectivity index (χ2v) is 5.46. The van der Waals surface area contributed by atoms with Gasteiger partial charge in [-0.25, -0.2) is 5.43 Å². The molecule has 0 aliphatic carbocycles. The fourth-order valence-corrected chi connectivity index (χ4v) is 2.33. The van der Waals surface area contributed by atoms with Crippen LogP contribution in [0.15, 0.2) is 29.4 Å². The summed E-state index contributed by atoms with van der Waals surface area (Å²) in [5.74, 6) is 1.15. The van der Waals surface area contributed by atoms with Crippen LogP contribution in [-0.4, -0.2) is 17.4 Å². The molecule has 0 saturated heterocycles. The normalized spacial score (nSPS) is 10.1. The Bertz CT molecular complexity index is 426. The van der Waals surface area contributed by atoms with Crippen LogP contribution < -0.4 is 5.43 Å². The van der Waals surface area contributed by atoms with Crippen molar-refractivity contribution in [2.75, 3.05) is 5.75 Å². The molecule has 1 aromatic carbocycles. The number of thioether (sulfide) groups is 1. The summed E-state index contributed by atoms with van der Waals surface area (Å²) in [4.78, 5) is 11.6. The summed E-state index contributed by atoms with van der Waals surface area (Å²) < 4.78 is 0. The lowest BCUT2D eigenvalue weighted by Gasteiger charge is -2.03. The molecular weight excluding hydrogens is 280 g/mol. The number of hydrazone groups is 1. The van der Waals surface area contributed by atoms with E-state index in [0.717, 1.165) is 34.9 Å². The third-order valence-corrected chi connectivity index (χ3v) is 3.83. The molecule has 0 aliphatic heterocycles. The van der Waals surface area contributed by atoms with Crippen molar-refractivity contribution in [3.8, 4) is 0 Å². The summed E-state index contributed by atoms with van der Waals surface area (Å²) in [6.45, 7) is 4.06. The van der Waals surface area contributed by atoms with Gasteiger partial charge < -0.3 is 0 Å². The summed E-state index contributed by atoms with van der Waals surface area (Å²) in [6, 6.07) is 7.66. The Hall–Kier alpha value is -1.00. The van der Waals surface area contributed by atoms with Gasteiger partial charge in [0.25, 0.3) is 0 Å². The lowest BCUT2D eigenvalue weighted by Crippen LogP contribution is -2.21. The molecule has 5 heteroatoms. The Morgan fingerprint density at radius 1 is 1.26 bits per heavy atom. The second-order valence-electron chi connectivity index (χ2n) is 4.04. The van der Waals surface area contributed by atoms with Gasteiger partial charge in [0.2, 0.25) is 5.91 Å². The number of benzene rings is 1. The molecule has 0 aromatic heterocycles. The van der Waals surface area contributed by atoms with E-state index in [-0.39, 0.29) is 5.91 Å². The minimum Gasteiger partial charge on any atom is -0.272 e. The average molecular weight is 299 g/mol. The van der Waals surface area contributed by atoms with E-state index < -0.39 is 0 Å². The Labute approximate surface area is 123 Å². The predicted molar refractivity (Wildman–Crippen MR) is 83.8 cm³/mol. The zero-order chi connectivity index (χ0) is 14.1. The number of halogens is 1. The maximum Gasteiger partial charge on any atom is 0.250 e. The van der Waals surface area contributed by atoms with Crippen LogP contribution in [0.1, 0.15) is 32.3 Å². The van der Waals surface area contributed by atoms with Crippen molar-refractivity contribution in [1.82, 2.24) is 5.43 Å². The van der Waals surface area contributed by atoms with E-state index in [4.69, 9.17) is 11.6 Å². The van der Waals surface area contributed by atoms with Gasteiger partial charge >= 0.3 is 0 Å². The molecule has 0 atom stereocenters. The first-order valence-corrected chi connectivity index (χ1v) is 7.85. The van der Waals surface area contributed by atoms with Crippen LogP contribution in [0.3, 0.4) is 0 Å². The fourth-order valence-electron chi connectivity index (χ4n) is 1.42. The molecule has 0 fully saturated rings. The highest BCUT2D eigenvalue weighted by Crippen LogP contribution is 2.15. The molecule has 1 amide bonds. The molecule has 0 spiro atoms. The van der Waals surface area contributed by atoms with E-state index in [1.54, 1.807) is 11.8 Å². The van der Waals surface area contributed by atoms with E-state index >= 15 is 0 Å². The van der Waals surface area contributed by atoms with Crippen LogP contribution >= 0.6 is 23.4 Å². The van der Waals surface area contributed by atoms with Gasteiger partial charge in [0.15, 0.2) is 0 Å². The molecule has 0 unspecified atom stereocenters. The summed E-state index contributed by atoms with van der Waals surface area (Å²) in [6.07, 6.45) is 1.74. The Morgan fingerprint density at radius 3 is 2.47 bits per heavy atom. The van der Waals surface area contributed by atoms with Gasteiger partial charge in [0, 0.05) is 16.5 Å². The number of rotatable bonds is 7. The van der Waals surface area contributed by atoms with Crippen molar-refractivity contribution >= 4 is 35.0 Å². The minimum atomic E-state index is -0.0571. The minimum absolute atomic E-state index is 0.0571. The molecular formula is C14H19ClN2OS. The quantitative estimate of drug-likeness (QED) is 0.613. The monoisotopic (exact) mass is 298 g/mol. The van der Waals surface area contributed by atoms with Crippen molar-refractivity contribution in [3.63, 3.8) is 0 Å². The van der Waals surface area contributed by atoms with Gasteiger partial charge in [-0.1, -0.05) is 37.6 Å². The smallest absolute Gasteiger partial charge is 0.250 e. The topological polar surface area (TPSA) is 41.5 Å². The van der Waals surface area contributed by atoms with Crippen molar-refractivity contribution in [2.45, 2.75) is 32.4 Å². The van der Waals surface area contributed by atoms with Crippen LogP contribution in [0.2, 0.25) is 5.02 Å². The second kappa shape index (κ2) is 8.99. The van der Waals surface area contributed by atoms with E-state index in [1.807, 2.05) is 38.1 Å². The van der Waals surface area contributed by atoms with E-state index in [1.165, 1.54) is 0 Å². The third-order valence-electron chi connectivity index (χ3n) is 2.57. The Balaban J connectivity index is 2.27. The molecule has 0 bridgehead atoms. The average Bonchev–Trinajstić information content (AvgIpc) is 2.42.